The van der Waals surface area contributed by atoms with Crippen molar-refractivity contribution in [3.05, 3.63) is 146 Å². The zero-order valence-electron chi connectivity index (χ0n) is 25.1. The highest BCUT2D eigenvalue weighted by Gasteiger charge is 2.13. The van der Waals surface area contributed by atoms with Gasteiger partial charge in [0.25, 0.3) is 0 Å². The van der Waals surface area contributed by atoms with Crippen molar-refractivity contribution in [2.75, 3.05) is 0 Å². The quantitative estimate of drug-likeness (QED) is 0.184. The maximum absolute atomic E-state index is 9.38. The minimum Gasteiger partial charge on any atom is -0.263 e. The lowest BCUT2D eigenvalue weighted by molar-refractivity contribution is 1.26. The molecule has 6 heterocycles. The maximum Gasteiger partial charge on any atom is 0.141 e. The number of pyridine rings is 6. The SMILES string of the molecule is N#Cc1cc(-c2cncc(-c3cc(-c4cncc(-c5ccnc(C#N)c5)c4)cc(-c4cncc(-c5ccnc(C#N)c5)c4)c3)c2)ccn1. The summed E-state index contributed by atoms with van der Waals surface area (Å²) in [6.45, 7) is 0. The largest absolute Gasteiger partial charge is 0.263 e. The van der Waals surface area contributed by atoms with Gasteiger partial charge in [0.1, 0.15) is 35.3 Å². The second-order valence-electron chi connectivity index (χ2n) is 10.8. The van der Waals surface area contributed by atoms with Crippen LogP contribution in [-0.2, 0) is 0 Å². The minimum absolute atomic E-state index is 0.328. The summed E-state index contributed by atoms with van der Waals surface area (Å²) in [6, 6.07) is 29.5. The molecule has 0 saturated carbocycles. The van der Waals surface area contributed by atoms with Crippen LogP contribution in [0.25, 0.3) is 66.8 Å². The lowest BCUT2D eigenvalue weighted by Crippen LogP contribution is -1.91. The van der Waals surface area contributed by atoms with Crippen LogP contribution in [0.4, 0.5) is 0 Å². The van der Waals surface area contributed by atoms with Gasteiger partial charge in [0.2, 0.25) is 0 Å². The number of rotatable bonds is 6. The summed E-state index contributed by atoms with van der Waals surface area (Å²) < 4.78 is 0. The summed E-state index contributed by atoms with van der Waals surface area (Å²) in [5, 5.41) is 28.1. The lowest BCUT2D eigenvalue weighted by Gasteiger charge is -2.13. The van der Waals surface area contributed by atoms with E-state index in [0.29, 0.717) is 17.1 Å². The molecule has 0 aliphatic heterocycles. The lowest BCUT2D eigenvalue weighted by atomic mass is 9.92. The Bertz CT molecular complexity index is 2180. The smallest absolute Gasteiger partial charge is 0.141 e. The van der Waals surface area contributed by atoms with Crippen molar-refractivity contribution in [3.63, 3.8) is 0 Å². The molecule has 0 bridgehead atoms. The summed E-state index contributed by atoms with van der Waals surface area (Å²) in [4.78, 5) is 25.9. The molecule has 0 spiro atoms. The van der Waals surface area contributed by atoms with E-state index in [4.69, 9.17) is 0 Å². The zero-order valence-corrected chi connectivity index (χ0v) is 25.1. The van der Waals surface area contributed by atoms with E-state index in [1.165, 1.54) is 0 Å². The van der Waals surface area contributed by atoms with Crippen LogP contribution in [0, 0.1) is 34.0 Å². The van der Waals surface area contributed by atoms with Crippen LogP contribution in [0.5, 0.6) is 0 Å². The molecule has 0 fully saturated rings. The molecular formula is C39H21N9. The van der Waals surface area contributed by atoms with Gasteiger partial charge in [-0.25, -0.2) is 15.0 Å². The van der Waals surface area contributed by atoms with E-state index in [9.17, 15) is 15.8 Å². The van der Waals surface area contributed by atoms with Gasteiger partial charge in [-0.1, -0.05) is 0 Å². The predicted molar refractivity (Wildman–Crippen MR) is 180 cm³/mol. The molecule has 0 amide bonds. The van der Waals surface area contributed by atoms with E-state index in [-0.39, 0.29) is 0 Å². The Kier molecular flexibility index (Phi) is 7.88. The molecule has 0 unspecified atom stereocenters. The normalized spacial score (nSPS) is 10.4. The van der Waals surface area contributed by atoms with Crippen molar-refractivity contribution in [1.29, 1.82) is 15.8 Å². The predicted octanol–water partition coefficient (Wildman–Crippen LogP) is 7.67. The number of aromatic nitrogens is 6. The molecule has 0 radical (unpaired) electrons. The van der Waals surface area contributed by atoms with Gasteiger partial charge >= 0.3 is 0 Å². The van der Waals surface area contributed by atoms with Crippen LogP contribution < -0.4 is 0 Å². The highest BCUT2D eigenvalue weighted by molar-refractivity contribution is 5.84. The number of hydrogen-bond donors (Lipinski definition) is 0. The zero-order chi connectivity index (χ0) is 32.9. The molecule has 7 rings (SSSR count). The second kappa shape index (κ2) is 12.9. The van der Waals surface area contributed by atoms with Gasteiger partial charge < -0.3 is 0 Å². The average Bonchev–Trinajstić information content (AvgIpc) is 3.18. The molecule has 48 heavy (non-hydrogen) atoms. The van der Waals surface area contributed by atoms with E-state index in [1.807, 2.05) is 55.0 Å². The molecule has 222 valence electrons. The van der Waals surface area contributed by atoms with Crippen LogP contribution in [0.3, 0.4) is 0 Å². The van der Waals surface area contributed by atoms with E-state index in [1.54, 1.807) is 55.4 Å². The van der Waals surface area contributed by atoms with Crippen LogP contribution in [-0.4, -0.2) is 29.9 Å². The monoisotopic (exact) mass is 615 g/mol. The van der Waals surface area contributed by atoms with Crippen molar-refractivity contribution in [2.24, 2.45) is 0 Å². The molecule has 9 heteroatoms. The number of nitrogens with zero attached hydrogens (tertiary/aromatic N) is 9. The molecule has 0 N–H and O–H groups in total. The minimum atomic E-state index is 0.328. The standard InChI is InChI=1S/C39H21N9/c40-16-37-13-25(1-4-46-37)31-10-34(22-43-19-31)28-7-29(35-11-32(20-44-23-35)26-2-5-47-38(14-26)17-41)9-30(8-28)36-12-33(21-45-24-36)27-3-6-48-39(15-27)18-42/h1-15,19-24H. The fourth-order valence-electron chi connectivity index (χ4n) is 5.41. The maximum atomic E-state index is 9.38. The van der Waals surface area contributed by atoms with Crippen molar-refractivity contribution in [3.8, 4) is 85.0 Å². The van der Waals surface area contributed by atoms with Gasteiger partial charge in [0.05, 0.1) is 0 Å². The molecule has 0 aliphatic rings. The molecule has 0 saturated heterocycles. The third-order valence-electron chi connectivity index (χ3n) is 7.77. The fourth-order valence-corrected chi connectivity index (χ4v) is 5.41. The Morgan fingerprint density at radius 3 is 0.833 bits per heavy atom. The molecule has 1 aromatic carbocycles. The molecule has 0 atom stereocenters. The summed E-state index contributed by atoms with van der Waals surface area (Å²) in [5.74, 6) is 0. The third-order valence-corrected chi connectivity index (χ3v) is 7.77. The van der Waals surface area contributed by atoms with Crippen molar-refractivity contribution >= 4 is 0 Å². The fraction of sp³-hybridized carbons (Fsp3) is 0. The van der Waals surface area contributed by atoms with Crippen molar-refractivity contribution in [1.82, 2.24) is 29.9 Å². The molecule has 0 aliphatic carbocycles. The van der Waals surface area contributed by atoms with E-state index < -0.39 is 0 Å². The third kappa shape index (κ3) is 6.09. The first-order valence-corrected chi connectivity index (χ1v) is 14.7. The van der Waals surface area contributed by atoms with Gasteiger partial charge in [-0.3, -0.25) is 15.0 Å². The molecule has 6 aromatic heterocycles. The number of benzene rings is 1. The summed E-state index contributed by atoms with van der Waals surface area (Å²) in [6.07, 6.45) is 15.6. The second-order valence-corrected chi connectivity index (χ2v) is 10.8. The van der Waals surface area contributed by atoms with Crippen LogP contribution >= 0.6 is 0 Å². The Balaban J connectivity index is 1.38. The van der Waals surface area contributed by atoms with Crippen molar-refractivity contribution < 1.29 is 0 Å². The number of nitriles is 3. The Hall–Kier alpha value is -7.41. The van der Waals surface area contributed by atoms with E-state index in [2.05, 4.69) is 66.3 Å². The van der Waals surface area contributed by atoms with Crippen LogP contribution in [0.2, 0.25) is 0 Å². The van der Waals surface area contributed by atoms with E-state index >= 15 is 0 Å². The highest BCUT2D eigenvalue weighted by Crippen LogP contribution is 2.36. The molecule has 9 nitrogen and oxygen atoms in total. The van der Waals surface area contributed by atoms with Gasteiger partial charge in [-0.15, -0.1) is 0 Å². The molecule has 7 aromatic rings. The summed E-state index contributed by atoms with van der Waals surface area (Å²) in [5.41, 5.74) is 11.4. The van der Waals surface area contributed by atoms with Gasteiger partial charge in [0, 0.05) is 89.2 Å². The van der Waals surface area contributed by atoms with Crippen molar-refractivity contribution in [2.45, 2.75) is 0 Å². The van der Waals surface area contributed by atoms with Gasteiger partial charge in [-0.2, -0.15) is 15.8 Å². The summed E-state index contributed by atoms with van der Waals surface area (Å²) in [7, 11) is 0. The average molecular weight is 616 g/mol. The highest BCUT2D eigenvalue weighted by atomic mass is 14.7. The Labute approximate surface area is 275 Å². The Morgan fingerprint density at radius 2 is 0.562 bits per heavy atom. The topological polar surface area (TPSA) is 149 Å². The van der Waals surface area contributed by atoms with Crippen LogP contribution in [0.15, 0.2) is 129 Å². The van der Waals surface area contributed by atoms with E-state index in [0.717, 1.165) is 66.8 Å². The Morgan fingerprint density at radius 1 is 0.312 bits per heavy atom. The molecular weight excluding hydrogens is 594 g/mol. The number of hydrogen-bond acceptors (Lipinski definition) is 9. The first kappa shape index (κ1) is 29.3. The van der Waals surface area contributed by atoms with Gasteiger partial charge in [-0.05, 0) is 106 Å². The summed E-state index contributed by atoms with van der Waals surface area (Å²) >= 11 is 0. The first-order chi connectivity index (χ1) is 23.6. The first-order valence-electron chi connectivity index (χ1n) is 14.7. The van der Waals surface area contributed by atoms with Gasteiger partial charge in [0.15, 0.2) is 0 Å². The van der Waals surface area contributed by atoms with Crippen LogP contribution in [0.1, 0.15) is 17.1 Å².